The van der Waals surface area contributed by atoms with Crippen LogP contribution in [0, 0.1) is 10.1 Å². The Balaban J connectivity index is -0.00000000450. The van der Waals surface area contributed by atoms with Gasteiger partial charge in [0.05, 0.1) is 0 Å². The van der Waals surface area contributed by atoms with E-state index in [2.05, 4.69) is 0 Å². The number of hydrogen-bond acceptors (Lipinski definition) is 2. The Morgan fingerprint density at radius 3 is 1.71 bits per heavy atom. The van der Waals surface area contributed by atoms with Crippen LogP contribution < -0.4 is 0 Å². The van der Waals surface area contributed by atoms with Crippen molar-refractivity contribution in [3.8, 4) is 0 Å². The molecule has 0 amide bonds. The van der Waals surface area contributed by atoms with E-state index in [1.165, 1.54) is 0 Å². The van der Waals surface area contributed by atoms with E-state index in [1.807, 2.05) is 0 Å². The third-order valence-electron chi connectivity index (χ3n) is 0. The fourth-order valence-corrected chi connectivity index (χ4v) is 0. The molecule has 0 aliphatic carbocycles. The fraction of sp³-hybridized carbons (Fsp3) is 0. The Morgan fingerprint density at radius 1 is 1.71 bits per heavy atom. The largest absolute Gasteiger partial charge is 2.00 e. The summed E-state index contributed by atoms with van der Waals surface area (Å²) in [6.45, 7) is 0. The van der Waals surface area contributed by atoms with Crippen molar-refractivity contribution in [3.05, 3.63) is 10.1 Å². The van der Waals surface area contributed by atoms with Gasteiger partial charge < -0.3 is 13.5 Å². The molecule has 5 nitrogen and oxygen atoms in total. The average Bonchev–Trinajstić information content (AvgIpc) is 0.811. The van der Waals surface area contributed by atoms with Crippen LogP contribution in [0.4, 0.5) is 0 Å². The van der Waals surface area contributed by atoms with Crippen molar-refractivity contribution in [3.63, 3.8) is 0 Å². The Morgan fingerprint density at radius 2 is 1.71 bits per heavy atom. The monoisotopic (exact) mass is 153 g/mol. The van der Waals surface area contributed by atoms with Gasteiger partial charge in [-0.1, -0.05) is 0 Å². The van der Waals surface area contributed by atoms with Gasteiger partial charge in [0.25, 0.3) is 5.09 Å². The van der Waals surface area contributed by atoms with Gasteiger partial charge in [0.1, 0.15) is 0 Å². The molecule has 0 atom stereocenters. The summed E-state index contributed by atoms with van der Waals surface area (Å²) in [7, 11) is 0. The zero-order valence-electron chi connectivity index (χ0n) is 4.92. The van der Waals surface area contributed by atoms with Gasteiger partial charge in [-0.05, 0) is 0 Å². The van der Waals surface area contributed by atoms with Crippen LogP contribution in [0.15, 0.2) is 0 Å². The molecular formula is H8AlCaNO4. The van der Waals surface area contributed by atoms with E-state index in [0.29, 0.717) is 0 Å². The molecule has 0 spiro atoms. The van der Waals surface area contributed by atoms with Crippen molar-refractivity contribution < 1.29 is 18.6 Å². The average molecular weight is 153 g/mol. The standard InChI is InChI=1S/Al.Ca.HNO3.H2O.5H/c;;2-1(3)4;;;;;;/h;;(H,2,3,4);1H2;;;;;/q;+2;;;;;;2*-1. The Hall–Kier alpha value is 0.952. The first-order chi connectivity index (χ1) is 1.73. The number of rotatable bonds is 0. The second-order valence-electron chi connectivity index (χ2n) is 0.238. The molecule has 0 saturated carbocycles. The van der Waals surface area contributed by atoms with Gasteiger partial charge in [0.2, 0.25) is 0 Å². The minimum absolute atomic E-state index is 0. The van der Waals surface area contributed by atoms with E-state index < -0.39 is 5.09 Å². The molecule has 0 unspecified atom stereocenters. The molecule has 0 heterocycles. The first-order valence-corrected chi connectivity index (χ1v) is 0.565. The van der Waals surface area contributed by atoms with Crippen LogP contribution >= 0.6 is 0 Å². The van der Waals surface area contributed by atoms with E-state index in [9.17, 15) is 0 Å². The summed E-state index contributed by atoms with van der Waals surface area (Å²) in [6.07, 6.45) is 0. The Labute approximate surface area is 83.2 Å². The first kappa shape index (κ1) is 24.6. The van der Waals surface area contributed by atoms with Crippen molar-refractivity contribution in [1.82, 2.24) is 0 Å². The Kier molecular flexibility index (Phi) is 55.4. The van der Waals surface area contributed by atoms with E-state index in [4.69, 9.17) is 15.3 Å². The first-order valence-electron chi connectivity index (χ1n) is 0.565. The van der Waals surface area contributed by atoms with Crippen LogP contribution in [0.3, 0.4) is 0 Å². The summed E-state index contributed by atoms with van der Waals surface area (Å²) < 4.78 is 0. The predicted octanol–water partition coefficient (Wildman–Crippen LogP) is -2.51. The summed E-state index contributed by atoms with van der Waals surface area (Å²) in [4.78, 5) is 8.36. The summed E-state index contributed by atoms with van der Waals surface area (Å²) in [6, 6.07) is 0. The molecule has 0 aromatic rings. The van der Waals surface area contributed by atoms with Gasteiger partial charge in [-0.15, -0.1) is 10.1 Å². The molecule has 7 heavy (non-hydrogen) atoms. The van der Waals surface area contributed by atoms with Crippen LogP contribution in [0.5, 0.6) is 0 Å². The third kappa shape index (κ3) is 188. The van der Waals surface area contributed by atoms with Gasteiger partial charge in [-0.3, -0.25) is 0 Å². The summed E-state index contributed by atoms with van der Waals surface area (Å²) in [5, 5.41) is 13.6. The van der Waals surface area contributed by atoms with Crippen molar-refractivity contribution in [1.29, 1.82) is 0 Å². The van der Waals surface area contributed by atoms with Crippen molar-refractivity contribution in [2.24, 2.45) is 0 Å². The SMILES string of the molecule is O.O=[N+]([O-])O.[AlH3].[Ca+2].[H-].[H-]. The fourth-order valence-electron chi connectivity index (χ4n) is 0. The van der Waals surface area contributed by atoms with Crippen LogP contribution in [-0.2, 0) is 0 Å². The molecule has 0 bridgehead atoms. The minimum Gasteiger partial charge on any atom is -1.00 e. The molecule has 0 fully saturated rings. The van der Waals surface area contributed by atoms with E-state index in [1.54, 1.807) is 0 Å². The second kappa shape index (κ2) is 15.8. The van der Waals surface area contributed by atoms with E-state index in [-0.39, 0.29) is 63.4 Å². The van der Waals surface area contributed by atoms with Crippen LogP contribution in [0.25, 0.3) is 0 Å². The molecule has 0 rings (SSSR count). The smallest absolute Gasteiger partial charge is 1.00 e. The normalized spacial score (nSPS) is 3.43. The van der Waals surface area contributed by atoms with Crippen LogP contribution in [0.1, 0.15) is 2.85 Å². The quantitative estimate of drug-likeness (QED) is 0.236. The van der Waals surface area contributed by atoms with Gasteiger partial charge in [-0.2, -0.15) is 0 Å². The molecule has 7 heteroatoms. The molecular weight excluding hydrogens is 145 g/mol. The van der Waals surface area contributed by atoms with Crippen molar-refractivity contribution in [2.75, 3.05) is 0 Å². The topological polar surface area (TPSA) is 94.9 Å². The van der Waals surface area contributed by atoms with Crippen LogP contribution in [-0.4, -0.2) is 70.9 Å². The minimum atomic E-state index is -1.50. The molecule has 0 aliphatic heterocycles. The zero-order valence-corrected chi connectivity index (χ0v) is 5.13. The van der Waals surface area contributed by atoms with Crippen molar-refractivity contribution >= 4 is 55.1 Å². The Bertz CT molecular complexity index is 41.5. The molecule has 3 N–H and O–H groups in total. The van der Waals surface area contributed by atoms with E-state index in [0.717, 1.165) is 0 Å². The van der Waals surface area contributed by atoms with Gasteiger partial charge in [-0.25, -0.2) is 0 Å². The predicted molar refractivity (Wildman–Crippen MR) is 30.3 cm³/mol. The molecule has 0 radical (unpaired) electrons. The molecule has 0 saturated heterocycles. The van der Waals surface area contributed by atoms with Gasteiger partial charge in [0.15, 0.2) is 17.4 Å². The number of hydrogen-bond donors (Lipinski definition) is 1. The molecule has 0 aromatic heterocycles. The maximum Gasteiger partial charge on any atom is 2.00 e. The van der Waals surface area contributed by atoms with Gasteiger partial charge in [0, 0.05) is 0 Å². The van der Waals surface area contributed by atoms with Gasteiger partial charge >= 0.3 is 37.7 Å². The van der Waals surface area contributed by atoms with E-state index >= 15 is 0 Å². The third-order valence-corrected chi connectivity index (χ3v) is 0. The summed E-state index contributed by atoms with van der Waals surface area (Å²) in [5.74, 6) is 0. The van der Waals surface area contributed by atoms with Crippen molar-refractivity contribution in [2.45, 2.75) is 0 Å². The molecule has 42 valence electrons. The summed E-state index contributed by atoms with van der Waals surface area (Å²) >= 11 is 0. The molecule has 0 aliphatic rings. The second-order valence-corrected chi connectivity index (χ2v) is 0.238. The molecule has 0 aromatic carbocycles. The van der Waals surface area contributed by atoms with Crippen LogP contribution in [0.2, 0.25) is 0 Å². The maximum absolute atomic E-state index is 8.36. The summed E-state index contributed by atoms with van der Waals surface area (Å²) in [5.41, 5.74) is 0. The maximum atomic E-state index is 8.36. The zero-order chi connectivity index (χ0) is 3.58. The number of nitrogens with zero attached hydrogens (tertiary/aromatic N) is 1.